The van der Waals surface area contributed by atoms with Gasteiger partial charge in [-0.3, -0.25) is 0 Å². The maximum atomic E-state index is 6.06. The molecule has 3 rings (SSSR count). The van der Waals surface area contributed by atoms with Gasteiger partial charge in [0.05, 0.1) is 5.75 Å². The van der Waals surface area contributed by atoms with Crippen LogP contribution in [0.1, 0.15) is 56.0 Å². The van der Waals surface area contributed by atoms with Crippen molar-refractivity contribution in [3.63, 3.8) is 0 Å². The van der Waals surface area contributed by atoms with Gasteiger partial charge in [0.15, 0.2) is 0 Å². The van der Waals surface area contributed by atoms with Crippen molar-refractivity contribution in [2.45, 2.75) is 55.4 Å². The van der Waals surface area contributed by atoms with Crippen LogP contribution < -0.4 is 0 Å². The lowest BCUT2D eigenvalue weighted by molar-refractivity contribution is 0.886. The molecule has 92 valence electrons. The second-order valence-corrected chi connectivity index (χ2v) is 6.70. The summed E-state index contributed by atoms with van der Waals surface area (Å²) >= 11 is 8.06. The minimum Gasteiger partial charge on any atom is -0.237 e. The summed E-state index contributed by atoms with van der Waals surface area (Å²) in [6.07, 6.45) is 8.04. The summed E-state index contributed by atoms with van der Waals surface area (Å²) in [5.74, 6) is 2.51. The van der Waals surface area contributed by atoms with Gasteiger partial charge in [0.25, 0.3) is 0 Å². The summed E-state index contributed by atoms with van der Waals surface area (Å²) in [6.45, 7) is 0. The number of halogens is 1. The van der Waals surface area contributed by atoms with Gasteiger partial charge in [-0.1, -0.05) is 24.4 Å². The van der Waals surface area contributed by atoms with E-state index < -0.39 is 0 Å². The molecule has 17 heavy (non-hydrogen) atoms. The molecule has 0 aliphatic heterocycles. The largest absolute Gasteiger partial charge is 0.237 e. The first kappa shape index (κ1) is 11.8. The van der Waals surface area contributed by atoms with E-state index in [9.17, 15) is 0 Å². The lowest BCUT2D eigenvalue weighted by Gasteiger charge is -2.08. The molecule has 2 saturated carbocycles. The number of hydrogen-bond acceptors (Lipinski definition) is 3. The van der Waals surface area contributed by atoms with Crippen molar-refractivity contribution in [3.05, 3.63) is 22.7 Å². The number of thioether (sulfide) groups is 1. The van der Waals surface area contributed by atoms with E-state index in [1.165, 1.54) is 38.5 Å². The number of aromatic nitrogens is 2. The van der Waals surface area contributed by atoms with E-state index in [0.29, 0.717) is 11.1 Å². The second kappa shape index (κ2) is 5.15. The molecule has 0 atom stereocenters. The summed E-state index contributed by atoms with van der Waals surface area (Å²) in [7, 11) is 0. The van der Waals surface area contributed by atoms with Crippen molar-refractivity contribution in [2.75, 3.05) is 0 Å². The maximum absolute atomic E-state index is 6.06. The van der Waals surface area contributed by atoms with Gasteiger partial charge < -0.3 is 0 Å². The van der Waals surface area contributed by atoms with Gasteiger partial charge in [-0.05, 0) is 31.7 Å². The van der Waals surface area contributed by atoms with E-state index >= 15 is 0 Å². The first-order chi connectivity index (χ1) is 8.31. The van der Waals surface area contributed by atoms with Gasteiger partial charge in [-0.25, -0.2) is 9.97 Å². The quantitative estimate of drug-likeness (QED) is 0.766. The highest BCUT2D eigenvalue weighted by Gasteiger charge is 2.26. The average molecular weight is 269 g/mol. The van der Waals surface area contributed by atoms with Crippen LogP contribution in [0.3, 0.4) is 0 Å². The van der Waals surface area contributed by atoms with Crippen molar-refractivity contribution in [1.29, 1.82) is 0 Å². The Kier molecular flexibility index (Phi) is 3.57. The smallest absolute Gasteiger partial charge is 0.140 e. The fraction of sp³-hybridized carbons (Fsp3) is 0.692. The Morgan fingerprint density at radius 1 is 1.18 bits per heavy atom. The van der Waals surface area contributed by atoms with Gasteiger partial charge in [0, 0.05) is 16.9 Å². The van der Waals surface area contributed by atoms with Crippen LogP contribution in [-0.2, 0) is 5.75 Å². The molecule has 0 bridgehead atoms. The summed E-state index contributed by atoms with van der Waals surface area (Å²) in [6, 6.07) is 1.93. The third-order valence-corrected chi connectivity index (χ3v) is 5.07. The van der Waals surface area contributed by atoms with Gasteiger partial charge >= 0.3 is 0 Å². The molecular formula is C13H17ClN2S. The van der Waals surface area contributed by atoms with Crippen LogP contribution in [0, 0.1) is 0 Å². The van der Waals surface area contributed by atoms with E-state index in [1.807, 2.05) is 17.8 Å². The third-order valence-electron chi connectivity index (χ3n) is 3.51. The molecule has 0 aromatic carbocycles. The van der Waals surface area contributed by atoms with Gasteiger partial charge in [-0.2, -0.15) is 11.8 Å². The average Bonchev–Trinajstić information content (AvgIpc) is 3.04. The molecule has 0 saturated heterocycles. The molecule has 0 spiro atoms. The maximum Gasteiger partial charge on any atom is 0.140 e. The molecule has 2 aliphatic rings. The van der Waals surface area contributed by atoms with Crippen LogP contribution in [0.15, 0.2) is 6.07 Å². The van der Waals surface area contributed by atoms with Crippen LogP contribution >= 0.6 is 23.4 Å². The normalized spacial score (nSPS) is 21.0. The minimum atomic E-state index is 0.615. The Balaban J connectivity index is 1.64. The molecule has 2 aliphatic carbocycles. The first-order valence-electron chi connectivity index (χ1n) is 6.46. The lowest BCUT2D eigenvalue weighted by atomic mass is 10.3. The highest BCUT2D eigenvalue weighted by molar-refractivity contribution is 7.99. The minimum absolute atomic E-state index is 0.615. The molecule has 4 heteroatoms. The second-order valence-electron chi connectivity index (χ2n) is 5.02. The Hall–Kier alpha value is -0.280. The van der Waals surface area contributed by atoms with Gasteiger partial charge in [-0.15, -0.1) is 0 Å². The molecule has 1 aromatic rings. The Labute approximate surface area is 112 Å². The molecule has 1 heterocycles. The number of hydrogen-bond donors (Lipinski definition) is 0. The van der Waals surface area contributed by atoms with Crippen molar-refractivity contribution in [1.82, 2.24) is 9.97 Å². The van der Waals surface area contributed by atoms with E-state index in [4.69, 9.17) is 11.6 Å². The molecule has 0 N–H and O–H groups in total. The zero-order valence-electron chi connectivity index (χ0n) is 9.86. The van der Waals surface area contributed by atoms with E-state index in [-0.39, 0.29) is 0 Å². The molecule has 1 aromatic heterocycles. The fourth-order valence-electron chi connectivity index (χ4n) is 2.38. The predicted octanol–water partition coefficient (Wildman–Crippen LogP) is 4.18. The van der Waals surface area contributed by atoms with Crippen molar-refractivity contribution in [3.8, 4) is 0 Å². The van der Waals surface area contributed by atoms with Crippen LogP contribution in [-0.4, -0.2) is 15.2 Å². The Morgan fingerprint density at radius 2 is 1.94 bits per heavy atom. The monoisotopic (exact) mass is 268 g/mol. The van der Waals surface area contributed by atoms with E-state index in [0.717, 1.165) is 22.5 Å². The third kappa shape index (κ3) is 3.14. The molecule has 0 radical (unpaired) electrons. The zero-order valence-corrected chi connectivity index (χ0v) is 11.4. The number of nitrogens with zero attached hydrogens (tertiary/aromatic N) is 2. The molecule has 2 fully saturated rings. The molecule has 0 amide bonds. The summed E-state index contributed by atoms with van der Waals surface area (Å²) < 4.78 is 0. The van der Waals surface area contributed by atoms with Crippen LogP contribution in [0.2, 0.25) is 5.15 Å². The van der Waals surface area contributed by atoms with E-state index in [2.05, 4.69) is 9.97 Å². The summed E-state index contributed by atoms with van der Waals surface area (Å²) in [4.78, 5) is 8.98. The van der Waals surface area contributed by atoms with Crippen LogP contribution in [0.4, 0.5) is 0 Å². The predicted molar refractivity (Wildman–Crippen MR) is 72.6 cm³/mol. The summed E-state index contributed by atoms with van der Waals surface area (Å²) in [5.41, 5.74) is 1.16. The topological polar surface area (TPSA) is 25.8 Å². The highest BCUT2D eigenvalue weighted by atomic mass is 35.5. The Bertz CT molecular complexity index is 400. The zero-order chi connectivity index (χ0) is 11.7. The first-order valence-corrected chi connectivity index (χ1v) is 7.89. The molecule has 0 unspecified atom stereocenters. The van der Waals surface area contributed by atoms with Gasteiger partial charge in [0.2, 0.25) is 0 Å². The molecule has 2 nitrogen and oxygen atoms in total. The Morgan fingerprint density at radius 3 is 2.65 bits per heavy atom. The summed E-state index contributed by atoms with van der Waals surface area (Å²) in [5, 5.41) is 1.44. The van der Waals surface area contributed by atoms with Crippen LogP contribution in [0.5, 0.6) is 0 Å². The SMILES string of the molecule is Clc1cc(C2CC2)nc(CSC2CCCC2)n1. The van der Waals surface area contributed by atoms with Gasteiger partial charge in [0.1, 0.15) is 11.0 Å². The lowest BCUT2D eigenvalue weighted by Crippen LogP contribution is -2.01. The number of rotatable bonds is 4. The standard InChI is InChI=1S/C13H17ClN2S/c14-12-7-11(9-5-6-9)15-13(16-12)8-17-10-3-1-2-4-10/h7,9-10H,1-6,8H2. The fourth-order valence-corrected chi connectivity index (χ4v) is 3.77. The van der Waals surface area contributed by atoms with Crippen LogP contribution in [0.25, 0.3) is 0 Å². The van der Waals surface area contributed by atoms with Crippen molar-refractivity contribution >= 4 is 23.4 Å². The van der Waals surface area contributed by atoms with Crippen molar-refractivity contribution in [2.24, 2.45) is 0 Å². The van der Waals surface area contributed by atoms with Crippen molar-refractivity contribution < 1.29 is 0 Å². The molecular weight excluding hydrogens is 252 g/mol. The van der Waals surface area contributed by atoms with E-state index in [1.54, 1.807) is 0 Å². The highest BCUT2D eigenvalue weighted by Crippen LogP contribution is 2.39.